The Morgan fingerprint density at radius 1 is 1.35 bits per heavy atom. The number of halogens is 2. The number of esters is 1. The van der Waals surface area contributed by atoms with Crippen molar-refractivity contribution in [2.45, 2.75) is 38.7 Å². The van der Waals surface area contributed by atoms with Gasteiger partial charge in [-0.05, 0) is 44.7 Å². The van der Waals surface area contributed by atoms with Crippen molar-refractivity contribution < 1.29 is 18.7 Å². The maximum Gasteiger partial charge on any atom is 0.308 e. The summed E-state index contributed by atoms with van der Waals surface area (Å²) in [6.45, 7) is 2.20. The van der Waals surface area contributed by atoms with Crippen molar-refractivity contribution in [2.24, 2.45) is 5.92 Å². The van der Waals surface area contributed by atoms with Gasteiger partial charge in [0.25, 0.3) is 0 Å². The zero-order chi connectivity index (χ0) is 14.5. The van der Waals surface area contributed by atoms with E-state index in [1.807, 2.05) is 0 Å². The monoisotopic (exact) mass is 300 g/mol. The Morgan fingerprint density at radius 2 is 2.05 bits per heavy atom. The molecule has 1 aliphatic rings. The van der Waals surface area contributed by atoms with E-state index in [2.05, 4.69) is 0 Å². The number of benzene rings is 1. The zero-order valence-corrected chi connectivity index (χ0v) is 12.2. The molecule has 0 heterocycles. The molecule has 0 amide bonds. The van der Waals surface area contributed by atoms with E-state index in [9.17, 15) is 9.18 Å². The summed E-state index contributed by atoms with van der Waals surface area (Å²) in [5.41, 5.74) is 0. The highest BCUT2D eigenvalue weighted by Gasteiger charge is 2.28. The van der Waals surface area contributed by atoms with Gasteiger partial charge in [0.15, 0.2) is 11.6 Å². The summed E-state index contributed by atoms with van der Waals surface area (Å²) in [7, 11) is 0. The van der Waals surface area contributed by atoms with Crippen LogP contribution in [-0.2, 0) is 9.53 Å². The zero-order valence-electron chi connectivity index (χ0n) is 11.4. The molecule has 0 aromatic heterocycles. The van der Waals surface area contributed by atoms with Crippen LogP contribution in [0.2, 0.25) is 5.02 Å². The molecule has 3 nitrogen and oxygen atoms in total. The molecule has 2 rings (SSSR count). The third kappa shape index (κ3) is 3.63. The second-order valence-electron chi connectivity index (χ2n) is 4.89. The Hall–Kier alpha value is -1.29. The van der Waals surface area contributed by atoms with Crippen molar-refractivity contribution in [1.82, 2.24) is 0 Å². The van der Waals surface area contributed by atoms with Crippen LogP contribution in [0.3, 0.4) is 0 Å². The molecule has 0 unspecified atom stereocenters. The van der Waals surface area contributed by atoms with Gasteiger partial charge in [0.1, 0.15) is 0 Å². The predicted molar refractivity (Wildman–Crippen MR) is 74.4 cm³/mol. The molecule has 0 bridgehead atoms. The normalized spacial score (nSPS) is 22.4. The first-order valence-corrected chi connectivity index (χ1v) is 7.27. The molecular formula is C15H18ClFO3. The second kappa shape index (κ2) is 6.93. The molecule has 1 fully saturated rings. The fourth-order valence-electron chi connectivity index (χ4n) is 2.44. The Balaban J connectivity index is 1.90. The molecule has 0 saturated heterocycles. The van der Waals surface area contributed by atoms with Gasteiger partial charge in [-0.1, -0.05) is 17.7 Å². The number of hydrogen-bond donors (Lipinski definition) is 0. The van der Waals surface area contributed by atoms with Gasteiger partial charge in [0, 0.05) is 0 Å². The standard InChI is InChI=1S/C15H18ClFO3/c1-2-19-15(18)10-6-8-11(9-7-10)20-14-12(16)4-3-5-13(14)17/h3-5,10-11H,2,6-9H2,1H3. The number of ether oxygens (including phenoxy) is 2. The van der Waals surface area contributed by atoms with E-state index in [1.165, 1.54) is 6.07 Å². The highest BCUT2D eigenvalue weighted by molar-refractivity contribution is 6.32. The fraction of sp³-hybridized carbons (Fsp3) is 0.533. The fourth-order valence-corrected chi connectivity index (χ4v) is 2.65. The van der Waals surface area contributed by atoms with Crippen molar-refractivity contribution in [2.75, 3.05) is 6.61 Å². The Kier molecular flexibility index (Phi) is 5.24. The summed E-state index contributed by atoms with van der Waals surface area (Å²) < 4.78 is 24.3. The predicted octanol–water partition coefficient (Wildman–Crippen LogP) is 3.98. The third-order valence-corrected chi connectivity index (χ3v) is 3.80. The summed E-state index contributed by atoms with van der Waals surface area (Å²) in [5, 5.41) is 0.275. The van der Waals surface area contributed by atoms with E-state index in [0.717, 1.165) is 0 Å². The van der Waals surface area contributed by atoms with Crippen LogP contribution in [0, 0.1) is 11.7 Å². The summed E-state index contributed by atoms with van der Waals surface area (Å²) in [6, 6.07) is 4.47. The van der Waals surface area contributed by atoms with E-state index in [-0.39, 0.29) is 28.8 Å². The van der Waals surface area contributed by atoms with E-state index in [1.54, 1.807) is 19.1 Å². The average Bonchev–Trinajstić information content (AvgIpc) is 2.44. The van der Waals surface area contributed by atoms with Gasteiger partial charge in [-0.25, -0.2) is 4.39 Å². The van der Waals surface area contributed by atoms with E-state index >= 15 is 0 Å². The molecule has 0 radical (unpaired) electrons. The first kappa shape index (κ1) is 15.1. The summed E-state index contributed by atoms with van der Waals surface area (Å²) in [4.78, 5) is 11.6. The molecule has 0 spiro atoms. The minimum atomic E-state index is -0.454. The minimum absolute atomic E-state index is 0.0640. The summed E-state index contributed by atoms with van der Waals surface area (Å²) >= 11 is 5.93. The van der Waals surface area contributed by atoms with Crippen LogP contribution >= 0.6 is 11.6 Å². The maximum atomic E-state index is 13.6. The van der Waals surface area contributed by atoms with Crippen molar-refractivity contribution in [1.29, 1.82) is 0 Å². The molecule has 1 aromatic rings. The lowest BCUT2D eigenvalue weighted by atomic mass is 9.87. The lowest BCUT2D eigenvalue weighted by Crippen LogP contribution is -2.29. The lowest BCUT2D eigenvalue weighted by Gasteiger charge is -2.28. The highest BCUT2D eigenvalue weighted by atomic mass is 35.5. The topological polar surface area (TPSA) is 35.5 Å². The molecular weight excluding hydrogens is 283 g/mol. The average molecular weight is 301 g/mol. The van der Waals surface area contributed by atoms with Gasteiger partial charge in [-0.2, -0.15) is 0 Å². The Bertz CT molecular complexity index is 450. The van der Waals surface area contributed by atoms with Gasteiger partial charge in [-0.15, -0.1) is 0 Å². The van der Waals surface area contributed by atoms with Crippen LogP contribution in [0.15, 0.2) is 18.2 Å². The van der Waals surface area contributed by atoms with Crippen LogP contribution in [-0.4, -0.2) is 18.7 Å². The van der Waals surface area contributed by atoms with Crippen molar-refractivity contribution in [3.8, 4) is 5.75 Å². The number of rotatable bonds is 4. The van der Waals surface area contributed by atoms with Crippen LogP contribution in [0.1, 0.15) is 32.6 Å². The van der Waals surface area contributed by atoms with Crippen LogP contribution in [0.5, 0.6) is 5.75 Å². The number of carbonyl (C=O) groups is 1. The first-order chi connectivity index (χ1) is 9.61. The van der Waals surface area contributed by atoms with Crippen LogP contribution < -0.4 is 4.74 Å². The SMILES string of the molecule is CCOC(=O)C1CCC(Oc2c(F)cccc2Cl)CC1. The largest absolute Gasteiger partial charge is 0.486 e. The summed E-state index contributed by atoms with van der Waals surface area (Å²) in [5.74, 6) is -0.556. The van der Waals surface area contributed by atoms with Crippen molar-refractivity contribution >= 4 is 17.6 Å². The molecule has 0 aliphatic heterocycles. The van der Waals surface area contributed by atoms with Gasteiger partial charge < -0.3 is 9.47 Å². The molecule has 5 heteroatoms. The van der Waals surface area contributed by atoms with E-state index in [4.69, 9.17) is 21.1 Å². The number of hydrogen-bond acceptors (Lipinski definition) is 3. The van der Waals surface area contributed by atoms with Crippen LogP contribution in [0.25, 0.3) is 0 Å². The molecule has 1 saturated carbocycles. The second-order valence-corrected chi connectivity index (χ2v) is 5.30. The quantitative estimate of drug-likeness (QED) is 0.789. The van der Waals surface area contributed by atoms with Crippen molar-refractivity contribution in [3.05, 3.63) is 29.0 Å². The Labute approximate surface area is 123 Å². The number of para-hydroxylation sites is 1. The van der Waals surface area contributed by atoms with Gasteiger partial charge in [0.2, 0.25) is 0 Å². The third-order valence-electron chi connectivity index (χ3n) is 3.50. The summed E-state index contributed by atoms with van der Waals surface area (Å²) in [6.07, 6.45) is 2.71. The van der Waals surface area contributed by atoms with Crippen LogP contribution in [0.4, 0.5) is 4.39 Å². The molecule has 0 N–H and O–H groups in total. The minimum Gasteiger partial charge on any atom is -0.486 e. The maximum absolute atomic E-state index is 13.6. The molecule has 20 heavy (non-hydrogen) atoms. The van der Waals surface area contributed by atoms with Gasteiger partial charge in [-0.3, -0.25) is 4.79 Å². The van der Waals surface area contributed by atoms with Crippen molar-refractivity contribution in [3.63, 3.8) is 0 Å². The molecule has 110 valence electrons. The van der Waals surface area contributed by atoms with E-state index in [0.29, 0.717) is 32.3 Å². The van der Waals surface area contributed by atoms with Gasteiger partial charge >= 0.3 is 5.97 Å². The number of carbonyl (C=O) groups excluding carboxylic acids is 1. The van der Waals surface area contributed by atoms with E-state index < -0.39 is 5.82 Å². The molecule has 1 aromatic carbocycles. The highest BCUT2D eigenvalue weighted by Crippen LogP contribution is 2.33. The molecule has 0 atom stereocenters. The first-order valence-electron chi connectivity index (χ1n) is 6.89. The molecule has 1 aliphatic carbocycles. The van der Waals surface area contributed by atoms with Gasteiger partial charge in [0.05, 0.1) is 23.7 Å². The smallest absolute Gasteiger partial charge is 0.308 e. The lowest BCUT2D eigenvalue weighted by molar-refractivity contribution is -0.149. The Morgan fingerprint density at radius 3 is 2.65 bits per heavy atom.